The summed E-state index contributed by atoms with van der Waals surface area (Å²) in [6, 6.07) is 7.68. The minimum atomic E-state index is -0.746. The van der Waals surface area contributed by atoms with Gasteiger partial charge in [-0.3, -0.25) is 4.79 Å². The van der Waals surface area contributed by atoms with Crippen molar-refractivity contribution in [3.05, 3.63) is 46.1 Å². The number of amides is 1. The Balaban J connectivity index is 1.69. The first-order valence-corrected chi connectivity index (χ1v) is 8.18. The third-order valence-electron chi connectivity index (χ3n) is 3.77. The van der Waals surface area contributed by atoms with E-state index < -0.39 is 6.10 Å². The topological polar surface area (TPSA) is 62.1 Å². The normalized spacial score (nSPS) is 14.0. The summed E-state index contributed by atoms with van der Waals surface area (Å²) in [5.74, 6) is -0.268. The molecule has 3 rings (SSSR count). The third-order valence-corrected chi connectivity index (χ3v) is 4.97. The van der Waals surface area contributed by atoms with E-state index in [4.69, 9.17) is 4.74 Å². The summed E-state index contributed by atoms with van der Waals surface area (Å²) in [7, 11) is 0. The Labute approximate surface area is 137 Å². The van der Waals surface area contributed by atoms with E-state index in [-0.39, 0.29) is 11.7 Å². The predicted octanol–water partition coefficient (Wildman–Crippen LogP) is 3.65. The first kappa shape index (κ1) is 15.5. The van der Waals surface area contributed by atoms with Gasteiger partial charge in [0.1, 0.15) is 22.6 Å². The van der Waals surface area contributed by atoms with Crippen molar-refractivity contribution in [2.45, 2.75) is 32.3 Å². The van der Waals surface area contributed by atoms with Crippen molar-refractivity contribution in [1.82, 2.24) is 0 Å². The number of aryl methyl sites for hydroxylation is 1. The van der Waals surface area contributed by atoms with E-state index in [1.165, 1.54) is 40.5 Å². The Hall–Kier alpha value is -2.39. The smallest absolute Gasteiger partial charge is 0.265 e. The SMILES string of the molecule is C[C@@H](Oc1ccc(F)cc1)C(=O)Nc1sc2c(c1C#N)CCC2. The van der Waals surface area contributed by atoms with Crippen molar-refractivity contribution in [2.24, 2.45) is 0 Å². The van der Waals surface area contributed by atoms with E-state index in [1.807, 2.05) is 0 Å². The number of anilines is 1. The summed E-state index contributed by atoms with van der Waals surface area (Å²) in [5, 5.41) is 12.7. The molecule has 0 unspecified atom stereocenters. The molecule has 0 saturated carbocycles. The van der Waals surface area contributed by atoms with Crippen molar-refractivity contribution in [1.29, 1.82) is 5.26 Å². The Morgan fingerprint density at radius 3 is 2.83 bits per heavy atom. The fraction of sp³-hybridized carbons (Fsp3) is 0.294. The maximum absolute atomic E-state index is 12.9. The molecule has 23 heavy (non-hydrogen) atoms. The molecule has 1 amide bonds. The number of halogens is 1. The Morgan fingerprint density at radius 2 is 2.13 bits per heavy atom. The van der Waals surface area contributed by atoms with E-state index in [2.05, 4.69) is 11.4 Å². The maximum atomic E-state index is 12.9. The summed E-state index contributed by atoms with van der Waals surface area (Å²) >= 11 is 1.47. The monoisotopic (exact) mass is 330 g/mol. The largest absolute Gasteiger partial charge is 0.481 e. The number of ether oxygens (including phenoxy) is 1. The summed E-state index contributed by atoms with van der Waals surface area (Å²) < 4.78 is 18.4. The van der Waals surface area contributed by atoms with Crippen LogP contribution < -0.4 is 10.1 Å². The van der Waals surface area contributed by atoms with E-state index in [0.717, 1.165) is 24.8 Å². The summed E-state index contributed by atoms with van der Waals surface area (Å²) in [6.45, 7) is 1.62. The number of carbonyl (C=O) groups excluding carboxylic acids is 1. The second-order valence-corrected chi connectivity index (χ2v) is 6.48. The minimum absolute atomic E-state index is 0.328. The molecular formula is C17H15FN2O2S. The zero-order chi connectivity index (χ0) is 16.4. The molecule has 1 aliphatic rings. The molecule has 1 N–H and O–H groups in total. The highest BCUT2D eigenvalue weighted by molar-refractivity contribution is 7.16. The number of thiophene rings is 1. The third kappa shape index (κ3) is 3.20. The number of hydrogen-bond donors (Lipinski definition) is 1. The molecule has 1 heterocycles. The molecule has 4 nitrogen and oxygen atoms in total. The second kappa shape index (κ2) is 6.39. The van der Waals surface area contributed by atoms with Gasteiger partial charge in [-0.05, 0) is 56.0 Å². The van der Waals surface area contributed by atoms with Gasteiger partial charge in [0.25, 0.3) is 5.91 Å². The zero-order valence-electron chi connectivity index (χ0n) is 12.6. The van der Waals surface area contributed by atoms with Gasteiger partial charge in [0.2, 0.25) is 0 Å². The molecule has 0 spiro atoms. The number of fused-ring (bicyclic) bond motifs is 1. The highest BCUT2D eigenvalue weighted by atomic mass is 32.1. The van der Waals surface area contributed by atoms with Gasteiger partial charge in [-0.25, -0.2) is 4.39 Å². The highest BCUT2D eigenvalue weighted by Gasteiger charge is 2.24. The van der Waals surface area contributed by atoms with Crippen molar-refractivity contribution >= 4 is 22.2 Å². The van der Waals surface area contributed by atoms with Crippen molar-refractivity contribution in [3.63, 3.8) is 0 Å². The van der Waals surface area contributed by atoms with Crippen LogP contribution >= 0.6 is 11.3 Å². The molecule has 1 aromatic heterocycles. The average Bonchev–Trinajstić information content (AvgIpc) is 3.09. The molecule has 0 radical (unpaired) electrons. The van der Waals surface area contributed by atoms with Crippen molar-refractivity contribution in [3.8, 4) is 11.8 Å². The van der Waals surface area contributed by atoms with Gasteiger partial charge in [-0.2, -0.15) is 5.26 Å². The van der Waals surface area contributed by atoms with Crippen LogP contribution in [0.2, 0.25) is 0 Å². The quantitative estimate of drug-likeness (QED) is 0.930. The molecule has 1 atom stereocenters. The van der Waals surface area contributed by atoms with E-state index >= 15 is 0 Å². The van der Waals surface area contributed by atoms with Crippen LogP contribution in [-0.2, 0) is 17.6 Å². The lowest BCUT2D eigenvalue weighted by atomic mass is 10.1. The number of nitriles is 1. The van der Waals surface area contributed by atoms with E-state index in [9.17, 15) is 14.4 Å². The fourth-order valence-electron chi connectivity index (χ4n) is 2.59. The van der Waals surface area contributed by atoms with Crippen LogP contribution in [0, 0.1) is 17.1 Å². The molecule has 0 bridgehead atoms. The number of carbonyl (C=O) groups is 1. The number of rotatable bonds is 4. The molecule has 1 aromatic carbocycles. The number of benzene rings is 1. The Kier molecular flexibility index (Phi) is 4.30. The summed E-state index contributed by atoms with van der Waals surface area (Å²) in [6.07, 6.45) is 2.18. The molecular weight excluding hydrogens is 315 g/mol. The van der Waals surface area contributed by atoms with Gasteiger partial charge in [0.05, 0.1) is 5.56 Å². The molecule has 0 fully saturated rings. The van der Waals surface area contributed by atoms with Gasteiger partial charge < -0.3 is 10.1 Å². The molecule has 6 heteroatoms. The van der Waals surface area contributed by atoms with Crippen LogP contribution in [0.25, 0.3) is 0 Å². The van der Waals surface area contributed by atoms with Gasteiger partial charge >= 0.3 is 0 Å². The molecule has 1 aliphatic carbocycles. The first-order valence-electron chi connectivity index (χ1n) is 7.36. The van der Waals surface area contributed by atoms with Crippen LogP contribution in [-0.4, -0.2) is 12.0 Å². The van der Waals surface area contributed by atoms with Crippen LogP contribution in [0.4, 0.5) is 9.39 Å². The Morgan fingerprint density at radius 1 is 1.39 bits per heavy atom. The first-order chi connectivity index (χ1) is 11.1. The number of hydrogen-bond acceptors (Lipinski definition) is 4. The molecule has 0 aliphatic heterocycles. The van der Waals surface area contributed by atoms with Gasteiger partial charge in [-0.15, -0.1) is 11.3 Å². The minimum Gasteiger partial charge on any atom is -0.481 e. The van der Waals surface area contributed by atoms with Crippen LogP contribution in [0.5, 0.6) is 5.75 Å². The molecule has 0 saturated heterocycles. The Bertz CT molecular complexity index is 777. The predicted molar refractivity (Wildman–Crippen MR) is 86.2 cm³/mol. The summed E-state index contributed by atoms with van der Waals surface area (Å²) in [5.41, 5.74) is 1.64. The fourth-order valence-corrected chi connectivity index (χ4v) is 3.84. The van der Waals surface area contributed by atoms with Crippen LogP contribution in [0.15, 0.2) is 24.3 Å². The van der Waals surface area contributed by atoms with Gasteiger partial charge in [0.15, 0.2) is 6.10 Å². The van der Waals surface area contributed by atoms with E-state index in [0.29, 0.717) is 16.3 Å². The van der Waals surface area contributed by atoms with Crippen molar-refractivity contribution in [2.75, 3.05) is 5.32 Å². The highest BCUT2D eigenvalue weighted by Crippen LogP contribution is 2.38. The van der Waals surface area contributed by atoms with Gasteiger partial charge in [-0.1, -0.05) is 0 Å². The van der Waals surface area contributed by atoms with E-state index in [1.54, 1.807) is 6.92 Å². The number of nitrogens with one attached hydrogen (secondary N) is 1. The lowest BCUT2D eigenvalue weighted by Crippen LogP contribution is -2.30. The van der Waals surface area contributed by atoms with Crippen LogP contribution in [0.3, 0.4) is 0 Å². The zero-order valence-corrected chi connectivity index (χ0v) is 13.4. The lowest BCUT2D eigenvalue weighted by molar-refractivity contribution is -0.122. The van der Waals surface area contributed by atoms with Crippen molar-refractivity contribution < 1.29 is 13.9 Å². The average molecular weight is 330 g/mol. The summed E-state index contributed by atoms with van der Waals surface area (Å²) in [4.78, 5) is 13.5. The van der Waals surface area contributed by atoms with Crippen LogP contribution in [0.1, 0.15) is 29.3 Å². The standard InChI is InChI=1S/C17H15FN2O2S/c1-10(22-12-7-5-11(18)6-8-12)16(21)20-17-14(9-19)13-3-2-4-15(13)23-17/h5-8,10H,2-4H2,1H3,(H,20,21)/t10-/m1/s1. The molecule has 2 aromatic rings. The second-order valence-electron chi connectivity index (χ2n) is 5.38. The molecule has 118 valence electrons. The maximum Gasteiger partial charge on any atom is 0.265 e. The number of nitrogens with zero attached hydrogens (tertiary/aromatic N) is 1. The van der Waals surface area contributed by atoms with Gasteiger partial charge in [0, 0.05) is 4.88 Å². The lowest BCUT2D eigenvalue weighted by Gasteiger charge is -2.14.